The van der Waals surface area contributed by atoms with E-state index >= 15 is 4.39 Å². The molecule has 0 unspecified atom stereocenters. The van der Waals surface area contributed by atoms with Crippen LogP contribution in [0, 0.1) is 5.82 Å². The number of hydroxylamine groups is 2. The fourth-order valence-electron chi connectivity index (χ4n) is 5.88. The highest BCUT2D eigenvalue weighted by molar-refractivity contribution is 5.83. The van der Waals surface area contributed by atoms with Gasteiger partial charge in [-0.1, -0.05) is 65.5 Å². The van der Waals surface area contributed by atoms with Gasteiger partial charge in [-0.15, -0.1) is 0 Å². The van der Waals surface area contributed by atoms with E-state index in [1.807, 2.05) is 32.0 Å². The molecule has 296 valence electrons. The standard InChI is InChI=1S/C42H62FN7O4/c1-12-15-17-34(48-18-20-49(21-19-48)54-42(8,9)10)25-44-29-45-26-38(52)47(11)27-31(14-3)30(4)35(28-51)37(16-13-2)50-40(53)39-32(24-46-50)22-33(23-36(39)43)41(5,6)7/h13-14,16-17,22-25,27,38,45,51-52H,3-4,12,15,18-21,26,28-29H2,1-2,5-11H3/b16-13-,31-27+,34-17+,37-35+,44-25?/t38-/m1/s1. The number of aromatic nitrogens is 2. The van der Waals surface area contributed by atoms with Gasteiger partial charge < -0.3 is 20.0 Å². The minimum absolute atomic E-state index is 0.0974. The molecule has 1 fully saturated rings. The molecule has 1 saturated heterocycles. The molecular formula is C42H62FN7O4. The van der Waals surface area contributed by atoms with Crippen LogP contribution in [0.5, 0.6) is 0 Å². The van der Waals surface area contributed by atoms with Gasteiger partial charge >= 0.3 is 0 Å². The van der Waals surface area contributed by atoms with E-state index in [0.29, 0.717) is 23.2 Å². The number of hydrogen-bond donors (Lipinski definition) is 3. The molecule has 12 heteroatoms. The van der Waals surface area contributed by atoms with Gasteiger partial charge in [0.1, 0.15) is 12.0 Å². The van der Waals surface area contributed by atoms with Gasteiger partial charge in [-0.2, -0.15) is 14.8 Å². The summed E-state index contributed by atoms with van der Waals surface area (Å²) in [6.07, 6.45) is 13.1. The number of piperazine rings is 1. The predicted octanol–water partition coefficient (Wildman–Crippen LogP) is 6.14. The number of rotatable bonds is 17. The maximum atomic E-state index is 15.4. The Morgan fingerprint density at radius 1 is 1.19 bits per heavy atom. The molecule has 54 heavy (non-hydrogen) atoms. The first kappa shape index (κ1) is 44.2. The minimum Gasteiger partial charge on any atom is -0.392 e. The van der Waals surface area contributed by atoms with E-state index < -0.39 is 24.2 Å². The van der Waals surface area contributed by atoms with Gasteiger partial charge in [0.15, 0.2) is 0 Å². The van der Waals surface area contributed by atoms with E-state index in [2.05, 4.69) is 67.2 Å². The maximum Gasteiger partial charge on any atom is 0.282 e. The van der Waals surface area contributed by atoms with Gasteiger partial charge in [0.25, 0.3) is 5.56 Å². The molecule has 1 aliphatic rings. The highest BCUT2D eigenvalue weighted by Crippen LogP contribution is 2.28. The van der Waals surface area contributed by atoms with Crippen LogP contribution in [-0.2, 0) is 10.3 Å². The highest BCUT2D eigenvalue weighted by Gasteiger charge is 2.24. The smallest absolute Gasteiger partial charge is 0.282 e. The Hall–Kier alpha value is -4.20. The van der Waals surface area contributed by atoms with Gasteiger partial charge in [-0.25, -0.2) is 4.39 Å². The van der Waals surface area contributed by atoms with Crippen LogP contribution in [0.2, 0.25) is 0 Å². The lowest BCUT2D eigenvalue weighted by Crippen LogP contribution is -2.48. The van der Waals surface area contributed by atoms with Crippen molar-refractivity contribution in [1.82, 2.24) is 30.0 Å². The predicted molar refractivity (Wildman–Crippen MR) is 219 cm³/mol. The van der Waals surface area contributed by atoms with Gasteiger partial charge in [0, 0.05) is 63.1 Å². The average Bonchev–Trinajstić information content (AvgIpc) is 3.10. The number of benzene rings is 1. The molecule has 1 aromatic heterocycles. The van der Waals surface area contributed by atoms with Crippen molar-refractivity contribution in [2.75, 3.05) is 53.0 Å². The van der Waals surface area contributed by atoms with E-state index in [1.165, 1.54) is 12.3 Å². The molecule has 0 bridgehead atoms. The summed E-state index contributed by atoms with van der Waals surface area (Å²) in [6.45, 7) is 27.4. The van der Waals surface area contributed by atoms with Crippen LogP contribution in [0.1, 0.15) is 73.8 Å². The molecule has 11 nitrogen and oxygen atoms in total. The molecule has 0 aliphatic carbocycles. The van der Waals surface area contributed by atoms with Gasteiger partial charge in [0.05, 0.1) is 41.9 Å². The number of nitrogens with one attached hydrogen (secondary N) is 1. The van der Waals surface area contributed by atoms with Crippen LogP contribution in [-0.4, -0.2) is 106 Å². The summed E-state index contributed by atoms with van der Waals surface area (Å²) < 4.78 is 16.5. The summed E-state index contributed by atoms with van der Waals surface area (Å²) >= 11 is 0. The second-order valence-corrected chi connectivity index (χ2v) is 15.4. The topological polar surface area (TPSA) is 119 Å². The van der Waals surface area contributed by atoms with Crippen LogP contribution in [0.4, 0.5) is 4.39 Å². The van der Waals surface area contributed by atoms with Crippen LogP contribution < -0.4 is 10.9 Å². The number of aliphatic hydroxyl groups excluding tert-OH is 2. The SMILES string of the molecule is C=C/C(=C\N(C)[C@H](O)CNCN=C/C(=C\CCC)N1CCN(OC(C)(C)C)CC1)C(=C)/C(CO)=C(\C=C/C)n1ncc2cc(C(C)(C)C)cc(F)c2c1=O. The van der Waals surface area contributed by atoms with Crippen molar-refractivity contribution in [2.24, 2.45) is 4.99 Å². The second kappa shape index (κ2) is 19.9. The van der Waals surface area contributed by atoms with Crippen molar-refractivity contribution < 1.29 is 19.4 Å². The number of allylic oxidation sites excluding steroid dienone is 7. The third kappa shape index (κ3) is 12.2. The molecule has 1 aromatic carbocycles. The molecule has 1 atom stereocenters. The molecule has 3 rings (SSSR count). The van der Waals surface area contributed by atoms with Crippen molar-refractivity contribution in [3.63, 3.8) is 0 Å². The molecule has 0 amide bonds. The first-order valence-electron chi connectivity index (χ1n) is 18.7. The fraction of sp³-hybridized carbons (Fsp3) is 0.500. The van der Waals surface area contributed by atoms with E-state index in [1.54, 1.807) is 49.4 Å². The third-order valence-electron chi connectivity index (χ3n) is 8.87. The second-order valence-electron chi connectivity index (χ2n) is 15.4. The number of hydrogen-bond acceptors (Lipinski definition) is 10. The summed E-state index contributed by atoms with van der Waals surface area (Å²) in [4.78, 5) is 28.3. The molecule has 0 saturated carbocycles. The van der Waals surface area contributed by atoms with Crippen molar-refractivity contribution in [3.05, 3.63) is 106 Å². The number of nitrogens with zero attached hydrogens (tertiary/aromatic N) is 6. The Bertz CT molecular complexity index is 1820. The molecular weight excluding hydrogens is 686 g/mol. The fourth-order valence-corrected chi connectivity index (χ4v) is 5.88. The van der Waals surface area contributed by atoms with Crippen molar-refractivity contribution in [1.29, 1.82) is 0 Å². The minimum atomic E-state index is -0.934. The largest absolute Gasteiger partial charge is 0.392 e. The van der Waals surface area contributed by atoms with Crippen LogP contribution in [0.15, 0.2) is 94.2 Å². The Morgan fingerprint density at radius 2 is 1.87 bits per heavy atom. The number of unbranched alkanes of at least 4 members (excludes halogenated alkanes) is 1. The Morgan fingerprint density at radius 3 is 2.44 bits per heavy atom. The normalized spacial score (nSPS) is 16.4. The van der Waals surface area contributed by atoms with Crippen molar-refractivity contribution in [2.45, 2.75) is 85.5 Å². The van der Waals surface area contributed by atoms with E-state index in [4.69, 9.17) is 4.84 Å². The van der Waals surface area contributed by atoms with E-state index in [0.717, 1.165) is 55.0 Å². The quantitative estimate of drug-likeness (QED) is 0.0760. The maximum absolute atomic E-state index is 15.4. The number of halogens is 1. The van der Waals surface area contributed by atoms with Crippen LogP contribution in [0.3, 0.4) is 0 Å². The van der Waals surface area contributed by atoms with E-state index in [9.17, 15) is 15.0 Å². The van der Waals surface area contributed by atoms with Crippen molar-refractivity contribution in [3.8, 4) is 0 Å². The Labute approximate surface area is 321 Å². The first-order valence-corrected chi connectivity index (χ1v) is 18.7. The zero-order valence-electron chi connectivity index (χ0n) is 33.8. The lowest BCUT2D eigenvalue weighted by atomic mass is 9.86. The third-order valence-corrected chi connectivity index (χ3v) is 8.87. The Balaban J connectivity index is 1.75. The molecule has 1 aliphatic heterocycles. The zero-order valence-corrected chi connectivity index (χ0v) is 33.8. The van der Waals surface area contributed by atoms with E-state index in [-0.39, 0.29) is 34.2 Å². The summed E-state index contributed by atoms with van der Waals surface area (Å²) in [5.41, 5.74) is 1.98. The molecule has 3 N–H and O–H groups in total. The summed E-state index contributed by atoms with van der Waals surface area (Å²) in [5, 5.41) is 31.4. The molecule has 0 spiro atoms. The van der Waals surface area contributed by atoms with Crippen LogP contribution >= 0.6 is 0 Å². The monoisotopic (exact) mass is 747 g/mol. The first-order chi connectivity index (χ1) is 25.4. The van der Waals surface area contributed by atoms with Crippen molar-refractivity contribution >= 4 is 22.7 Å². The summed E-state index contributed by atoms with van der Waals surface area (Å²) in [6, 6.07) is 3.16. The van der Waals surface area contributed by atoms with Crippen LogP contribution in [0.25, 0.3) is 16.5 Å². The average molecular weight is 748 g/mol. The number of likely N-dealkylation sites (N-methyl/N-ethyl adjacent to an activating group) is 1. The number of aliphatic hydroxyl groups is 2. The van der Waals surface area contributed by atoms with Gasteiger partial charge in [-0.05, 0) is 74.4 Å². The molecule has 2 heterocycles. The van der Waals surface area contributed by atoms with Gasteiger partial charge in [-0.3, -0.25) is 19.9 Å². The molecule has 2 aromatic rings. The Kier molecular flexibility index (Phi) is 16.3. The summed E-state index contributed by atoms with van der Waals surface area (Å²) in [7, 11) is 1.71. The highest BCUT2D eigenvalue weighted by atomic mass is 19.1. The number of aliphatic imine (C=N–C) groups is 1. The lowest BCUT2D eigenvalue weighted by molar-refractivity contribution is -0.238. The van der Waals surface area contributed by atoms with Gasteiger partial charge in [0.2, 0.25) is 0 Å². The lowest BCUT2D eigenvalue weighted by Gasteiger charge is -2.38. The zero-order chi connectivity index (χ0) is 40.2. The molecule has 0 radical (unpaired) electrons. The summed E-state index contributed by atoms with van der Waals surface area (Å²) in [5.74, 6) is -0.640. The number of fused-ring (bicyclic) bond motifs is 1.